The summed E-state index contributed by atoms with van der Waals surface area (Å²) in [5, 5.41) is 3.66. The summed E-state index contributed by atoms with van der Waals surface area (Å²) in [4.78, 5) is 28.7. The van der Waals surface area contributed by atoms with Gasteiger partial charge < -0.3 is 10.2 Å². The molecule has 3 amide bonds. The highest BCUT2D eigenvalue weighted by atomic mass is 35.5. The number of anilines is 2. The van der Waals surface area contributed by atoms with Crippen molar-refractivity contribution in [3.8, 4) is 0 Å². The first-order chi connectivity index (χ1) is 13.1. The summed E-state index contributed by atoms with van der Waals surface area (Å²) in [7, 11) is 0. The predicted octanol–water partition coefficient (Wildman–Crippen LogP) is 4.46. The number of amides is 3. The smallest absolute Gasteiger partial charge is 0.322 e. The molecule has 0 aromatic heterocycles. The van der Waals surface area contributed by atoms with Gasteiger partial charge in [-0.2, -0.15) is 0 Å². The van der Waals surface area contributed by atoms with Gasteiger partial charge in [0.05, 0.1) is 6.04 Å². The first-order valence-electron chi connectivity index (χ1n) is 9.27. The molecule has 5 nitrogen and oxygen atoms in total. The molecule has 1 aliphatic rings. The quantitative estimate of drug-likeness (QED) is 0.798. The Bertz CT molecular complexity index is 780. The van der Waals surface area contributed by atoms with Crippen molar-refractivity contribution in [3.63, 3.8) is 0 Å². The highest BCUT2D eigenvalue weighted by Gasteiger charge is 2.32. The van der Waals surface area contributed by atoms with Crippen molar-refractivity contribution in [2.45, 2.75) is 32.2 Å². The van der Waals surface area contributed by atoms with E-state index in [1.165, 1.54) is 0 Å². The summed E-state index contributed by atoms with van der Waals surface area (Å²) in [6.45, 7) is 3.21. The highest BCUT2D eigenvalue weighted by Crippen LogP contribution is 2.24. The summed E-state index contributed by atoms with van der Waals surface area (Å²) >= 11 is 5.92. The monoisotopic (exact) mass is 385 g/mol. The zero-order chi connectivity index (χ0) is 19.2. The number of nitrogens with zero attached hydrogens (tertiary/aromatic N) is 2. The molecular formula is C21H24ClN3O2. The Hall–Kier alpha value is -2.53. The van der Waals surface area contributed by atoms with E-state index >= 15 is 0 Å². The Labute approximate surface area is 164 Å². The number of para-hydroxylation sites is 1. The van der Waals surface area contributed by atoms with Crippen LogP contribution in [0.15, 0.2) is 54.6 Å². The van der Waals surface area contributed by atoms with E-state index in [0.29, 0.717) is 24.5 Å². The lowest BCUT2D eigenvalue weighted by Crippen LogP contribution is -2.46. The highest BCUT2D eigenvalue weighted by molar-refractivity contribution is 6.30. The van der Waals surface area contributed by atoms with Crippen LogP contribution in [0, 0.1) is 0 Å². The second-order valence-electron chi connectivity index (χ2n) is 6.67. The summed E-state index contributed by atoms with van der Waals surface area (Å²) < 4.78 is 0. The summed E-state index contributed by atoms with van der Waals surface area (Å²) in [6.07, 6.45) is 2.22. The standard InChI is InChI=1S/C21H24ClN3O2/c1-2-3-13-24(18-7-5-4-6-8-18)21(27)23-17-14-20(26)25(15-17)19-11-9-16(22)10-12-19/h4-12,17H,2-3,13-15H2,1H3,(H,23,27)/t17-/m0/s1. The number of nitrogens with one attached hydrogen (secondary N) is 1. The van der Waals surface area contributed by atoms with Gasteiger partial charge in [0.1, 0.15) is 0 Å². The molecule has 0 bridgehead atoms. The minimum atomic E-state index is -0.214. The molecule has 0 saturated carbocycles. The molecule has 1 atom stereocenters. The third kappa shape index (κ3) is 4.80. The fourth-order valence-corrected chi connectivity index (χ4v) is 3.33. The van der Waals surface area contributed by atoms with Crippen molar-refractivity contribution in [2.75, 3.05) is 22.9 Å². The average molecular weight is 386 g/mol. The topological polar surface area (TPSA) is 52.7 Å². The van der Waals surface area contributed by atoms with Crippen LogP contribution < -0.4 is 15.1 Å². The minimum Gasteiger partial charge on any atom is -0.333 e. The molecule has 1 fully saturated rings. The summed E-state index contributed by atoms with van der Waals surface area (Å²) in [5.74, 6) is 0.00226. The fraction of sp³-hybridized carbons (Fsp3) is 0.333. The maximum Gasteiger partial charge on any atom is 0.322 e. The van der Waals surface area contributed by atoms with Crippen molar-refractivity contribution in [2.24, 2.45) is 0 Å². The van der Waals surface area contributed by atoms with E-state index in [0.717, 1.165) is 24.2 Å². The molecule has 1 saturated heterocycles. The third-order valence-corrected chi connectivity index (χ3v) is 4.89. The Morgan fingerprint density at radius 3 is 2.56 bits per heavy atom. The lowest BCUT2D eigenvalue weighted by atomic mass is 10.2. The SMILES string of the molecule is CCCCN(C(=O)N[C@H]1CC(=O)N(c2ccc(Cl)cc2)C1)c1ccccc1. The lowest BCUT2D eigenvalue weighted by Gasteiger charge is -2.25. The van der Waals surface area contributed by atoms with Crippen molar-refractivity contribution < 1.29 is 9.59 Å². The first kappa shape index (κ1) is 19.2. The zero-order valence-electron chi connectivity index (χ0n) is 15.4. The van der Waals surface area contributed by atoms with Gasteiger partial charge in [-0.3, -0.25) is 9.69 Å². The van der Waals surface area contributed by atoms with Crippen molar-refractivity contribution in [3.05, 3.63) is 59.6 Å². The molecule has 1 aliphatic heterocycles. The maximum atomic E-state index is 12.9. The molecule has 1 heterocycles. The number of carbonyl (C=O) groups is 2. The molecule has 142 valence electrons. The van der Waals surface area contributed by atoms with Crippen LogP contribution in [0.1, 0.15) is 26.2 Å². The van der Waals surface area contributed by atoms with Gasteiger partial charge in [0, 0.05) is 35.9 Å². The first-order valence-corrected chi connectivity index (χ1v) is 9.65. The number of hydrogen-bond acceptors (Lipinski definition) is 2. The summed E-state index contributed by atoms with van der Waals surface area (Å²) in [5.41, 5.74) is 1.66. The van der Waals surface area contributed by atoms with Crippen molar-refractivity contribution in [1.29, 1.82) is 0 Å². The number of rotatable bonds is 6. The number of hydrogen-bond donors (Lipinski definition) is 1. The second-order valence-corrected chi connectivity index (χ2v) is 7.11. The van der Waals surface area contributed by atoms with Crippen LogP contribution in [0.4, 0.5) is 16.2 Å². The molecule has 6 heteroatoms. The molecule has 0 aliphatic carbocycles. The number of carbonyl (C=O) groups excluding carboxylic acids is 2. The van der Waals surface area contributed by atoms with Gasteiger partial charge in [0.2, 0.25) is 5.91 Å². The number of benzene rings is 2. The number of halogens is 1. The van der Waals surface area contributed by atoms with Gasteiger partial charge in [-0.25, -0.2) is 4.79 Å². The molecule has 2 aromatic rings. The molecule has 0 unspecified atom stereocenters. The van der Waals surface area contributed by atoms with E-state index in [4.69, 9.17) is 11.6 Å². The van der Waals surface area contributed by atoms with Crippen LogP contribution in [0.3, 0.4) is 0 Å². The fourth-order valence-electron chi connectivity index (χ4n) is 3.20. The number of unbranched alkanes of at least 4 members (excludes halogenated alkanes) is 1. The molecule has 0 spiro atoms. The largest absolute Gasteiger partial charge is 0.333 e. The molecule has 3 rings (SSSR count). The van der Waals surface area contributed by atoms with Crippen LogP contribution >= 0.6 is 11.6 Å². The third-order valence-electron chi connectivity index (χ3n) is 4.64. The lowest BCUT2D eigenvalue weighted by molar-refractivity contribution is -0.117. The zero-order valence-corrected chi connectivity index (χ0v) is 16.2. The van der Waals surface area contributed by atoms with Crippen LogP contribution in [0.5, 0.6) is 0 Å². The van der Waals surface area contributed by atoms with E-state index in [9.17, 15) is 9.59 Å². The van der Waals surface area contributed by atoms with Crippen LogP contribution in [-0.4, -0.2) is 31.1 Å². The average Bonchev–Trinajstić information content (AvgIpc) is 3.03. The van der Waals surface area contributed by atoms with Crippen LogP contribution in [0.2, 0.25) is 5.02 Å². The molecular weight excluding hydrogens is 362 g/mol. The van der Waals surface area contributed by atoms with E-state index in [2.05, 4.69) is 12.2 Å². The Morgan fingerprint density at radius 1 is 1.19 bits per heavy atom. The van der Waals surface area contributed by atoms with E-state index in [-0.39, 0.29) is 18.0 Å². The van der Waals surface area contributed by atoms with Gasteiger partial charge in [-0.1, -0.05) is 43.1 Å². The van der Waals surface area contributed by atoms with Gasteiger partial charge in [-0.05, 0) is 42.8 Å². The van der Waals surface area contributed by atoms with Crippen molar-refractivity contribution in [1.82, 2.24) is 5.32 Å². The Kier molecular flexibility index (Phi) is 6.35. The van der Waals surface area contributed by atoms with Gasteiger partial charge in [0.15, 0.2) is 0 Å². The Morgan fingerprint density at radius 2 is 1.89 bits per heavy atom. The minimum absolute atomic E-state index is 0.00226. The predicted molar refractivity (Wildman–Crippen MR) is 109 cm³/mol. The van der Waals surface area contributed by atoms with Gasteiger partial charge in [-0.15, -0.1) is 0 Å². The molecule has 27 heavy (non-hydrogen) atoms. The number of urea groups is 1. The second kappa shape index (κ2) is 8.91. The summed E-state index contributed by atoms with van der Waals surface area (Å²) in [6, 6.07) is 16.4. The molecule has 2 aromatic carbocycles. The van der Waals surface area contributed by atoms with Crippen molar-refractivity contribution >= 4 is 34.9 Å². The van der Waals surface area contributed by atoms with E-state index in [1.54, 1.807) is 21.9 Å². The molecule has 0 radical (unpaired) electrons. The Balaban J connectivity index is 1.67. The van der Waals surface area contributed by atoms with E-state index < -0.39 is 0 Å². The van der Waals surface area contributed by atoms with Crippen LogP contribution in [-0.2, 0) is 4.79 Å². The maximum absolute atomic E-state index is 12.9. The molecule has 1 N–H and O–H groups in total. The van der Waals surface area contributed by atoms with Gasteiger partial charge >= 0.3 is 6.03 Å². The normalized spacial score (nSPS) is 16.4. The van der Waals surface area contributed by atoms with Crippen LogP contribution in [0.25, 0.3) is 0 Å². The van der Waals surface area contributed by atoms with Gasteiger partial charge in [0.25, 0.3) is 0 Å². The van der Waals surface area contributed by atoms with E-state index in [1.807, 2.05) is 42.5 Å².